The molecule has 0 amide bonds. The molecule has 0 saturated heterocycles. The molecule has 2 aromatic rings. The number of nitrogens with zero attached hydrogens (tertiary/aromatic N) is 6. The zero-order valence-corrected chi connectivity index (χ0v) is 16.6. The maximum Gasteiger partial charge on any atom is 0.372 e. The molecule has 0 spiro atoms. The zero-order valence-electron chi connectivity index (χ0n) is 12.8. The van der Waals surface area contributed by atoms with Gasteiger partial charge in [-0.15, -0.1) is 10.2 Å². The molecule has 12 heteroatoms. The first-order valence-electron chi connectivity index (χ1n) is 6.65. The summed E-state index contributed by atoms with van der Waals surface area (Å²) >= 11 is 30.0. The van der Waals surface area contributed by atoms with Gasteiger partial charge >= 0.3 is 6.03 Å². The summed E-state index contributed by atoms with van der Waals surface area (Å²) in [6.45, 7) is 5.86. The molecule has 24 heavy (non-hydrogen) atoms. The van der Waals surface area contributed by atoms with E-state index in [1.165, 1.54) is 12.4 Å². The van der Waals surface area contributed by atoms with Crippen LogP contribution >= 0.6 is 58.0 Å². The monoisotopic (exact) mass is 432 g/mol. The molecule has 2 aromatic heterocycles. The van der Waals surface area contributed by atoms with Crippen LogP contribution in [0.5, 0.6) is 0 Å². The number of hydrogen-bond acceptors (Lipinski definition) is 5. The fourth-order valence-corrected chi connectivity index (χ4v) is 2.46. The molecule has 7 nitrogen and oxygen atoms in total. The van der Waals surface area contributed by atoms with Crippen molar-refractivity contribution in [3.05, 3.63) is 23.8 Å². The van der Waals surface area contributed by atoms with E-state index in [1.54, 1.807) is 0 Å². The van der Waals surface area contributed by atoms with Crippen molar-refractivity contribution in [2.45, 2.75) is 35.3 Å². The van der Waals surface area contributed by atoms with Crippen molar-refractivity contribution in [1.29, 1.82) is 0 Å². The minimum atomic E-state index is -2.08. The molecule has 0 aliphatic carbocycles. The highest BCUT2D eigenvalue weighted by Gasteiger charge is 2.51. The molecular formula is C12H13Cl5N6O. The van der Waals surface area contributed by atoms with Crippen LogP contribution in [0.3, 0.4) is 0 Å². The van der Waals surface area contributed by atoms with Gasteiger partial charge in [0.2, 0.25) is 8.13 Å². The van der Waals surface area contributed by atoms with Gasteiger partial charge in [0.15, 0.2) is 0 Å². The zero-order chi connectivity index (χ0) is 18.3. The molecule has 0 N–H and O–H groups in total. The van der Waals surface area contributed by atoms with Gasteiger partial charge in [-0.05, 0) is 11.8 Å². The molecule has 0 radical (unpaired) electrons. The fraction of sp³-hybridized carbons (Fsp3) is 0.583. The molecule has 2 rings (SSSR count). The van der Waals surface area contributed by atoms with Gasteiger partial charge in [0.25, 0.3) is 0 Å². The average Bonchev–Trinajstić information content (AvgIpc) is 3.03. The third kappa shape index (κ3) is 3.96. The number of hydrogen-bond donors (Lipinski definition) is 0. The van der Waals surface area contributed by atoms with E-state index in [-0.39, 0.29) is 11.1 Å². The lowest BCUT2D eigenvalue weighted by atomic mass is 9.89. The average molecular weight is 435 g/mol. The Hall–Kier alpha value is -0.600. The van der Waals surface area contributed by atoms with Gasteiger partial charge < -0.3 is 0 Å². The Morgan fingerprint density at radius 3 is 2.21 bits per heavy atom. The largest absolute Gasteiger partial charge is 0.372 e. The van der Waals surface area contributed by atoms with E-state index in [2.05, 4.69) is 20.6 Å². The minimum Gasteiger partial charge on any atom is -0.243 e. The van der Waals surface area contributed by atoms with Crippen molar-refractivity contribution in [1.82, 2.24) is 30.0 Å². The predicted octanol–water partition coefficient (Wildman–Crippen LogP) is 3.98. The van der Waals surface area contributed by atoms with Crippen LogP contribution < -0.4 is 0 Å². The second-order valence-electron chi connectivity index (χ2n) is 6.24. The summed E-state index contributed by atoms with van der Waals surface area (Å²) in [6, 6.07) is -0.612. The summed E-state index contributed by atoms with van der Waals surface area (Å²) in [7, 11) is 0. The lowest BCUT2D eigenvalue weighted by molar-refractivity contribution is 0.235. The standard InChI is InChI=1S/C12H13Cl5N6O/c1-10(2,3)6-7-8(11(13,14)12(15,16)17)19-21-23(7)9(24)22-5-4-18-20-22/h4-5H,6H2,1-3H3. The third-order valence-corrected chi connectivity index (χ3v) is 5.27. The second-order valence-corrected chi connectivity index (χ2v) is 9.84. The van der Waals surface area contributed by atoms with E-state index in [9.17, 15) is 4.79 Å². The molecule has 0 aliphatic rings. The van der Waals surface area contributed by atoms with Crippen LogP contribution in [0.15, 0.2) is 12.4 Å². The Bertz CT molecular complexity index is 728. The highest BCUT2D eigenvalue weighted by Crippen LogP contribution is 2.53. The number of carbonyl (C=O) groups is 1. The molecular weight excluding hydrogens is 421 g/mol. The van der Waals surface area contributed by atoms with E-state index < -0.39 is 14.2 Å². The fourth-order valence-electron chi connectivity index (χ4n) is 1.90. The summed E-state index contributed by atoms with van der Waals surface area (Å²) in [6.07, 6.45) is 3.07. The number of rotatable bonds is 2. The maximum atomic E-state index is 12.5. The third-order valence-electron chi connectivity index (χ3n) is 2.91. The normalized spacial score (nSPS) is 13.3. The van der Waals surface area contributed by atoms with E-state index in [1.807, 2.05) is 20.8 Å². The van der Waals surface area contributed by atoms with Crippen molar-refractivity contribution in [3.63, 3.8) is 0 Å². The Labute approximate surface area is 163 Å². The van der Waals surface area contributed by atoms with Gasteiger partial charge in [-0.3, -0.25) is 0 Å². The van der Waals surface area contributed by atoms with Crippen LogP contribution in [0, 0.1) is 5.41 Å². The maximum absolute atomic E-state index is 12.5. The molecule has 0 atom stereocenters. The van der Waals surface area contributed by atoms with Crippen LogP contribution in [-0.2, 0) is 10.8 Å². The number of alkyl halides is 5. The molecule has 0 fully saturated rings. The van der Waals surface area contributed by atoms with Gasteiger partial charge in [-0.1, -0.05) is 89.2 Å². The summed E-state index contributed by atoms with van der Waals surface area (Å²) in [5.74, 6) is 0. The van der Waals surface area contributed by atoms with Crippen molar-refractivity contribution in [2.24, 2.45) is 5.41 Å². The van der Waals surface area contributed by atoms with Gasteiger partial charge in [0, 0.05) is 0 Å². The van der Waals surface area contributed by atoms with Gasteiger partial charge in [-0.2, -0.15) is 9.36 Å². The van der Waals surface area contributed by atoms with E-state index in [4.69, 9.17) is 58.0 Å². The Morgan fingerprint density at radius 2 is 1.75 bits per heavy atom. The van der Waals surface area contributed by atoms with Crippen molar-refractivity contribution >= 4 is 64.0 Å². The first-order chi connectivity index (χ1) is 10.8. The second kappa shape index (κ2) is 6.61. The summed E-state index contributed by atoms with van der Waals surface area (Å²) in [5.41, 5.74) is 0.0578. The first kappa shape index (κ1) is 19.7. The van der Waals surface area contributed by atoms with Gasteiger partial charge in [0.1, 0.15) is 5.69 Å². The van der Waals surface area contributed by atoms with Crippen LogP contribution in [0.2, 0.25) is 0 Å². The molecule has 132 valence electrons. The quantitative estimate of drug-likeness (QED) is 0.668. The van der Waals surface area contributed by atoms with E-state index in [0.717, 1.165) is 9.36 Å². The lowest BCUT2D eigenvalue weighted by Gasteiger charge is -2.27. The summed E-state index contributed by atoms with van der Waals surface area (Å²) in [4.78, 5) is 12.5. The number of carbonyl (C=O) groups excluding carboxylic acids is 1. The summed E-state index contributed by atoms with van der Waals surface area (Å²) in [5, 5.41) is 14.9. The SMILES string of the molecule is CC(C)(C)Cc1c(C(Cl)(Cl)C(Cl)(Cl)Cl)nnn1C(=O)n1ccnn1. The molecule has 0 aliphatic heterocycles. The number of halogens is 5. The Morgan fingerprint density at radius 1 is 1.12 bits per heavy atom. The molecule has 0 saturated carbocycles. The van der Waals surface area contributed by atoms with Crippen LogP contribution in [0.4, 0.5) is 4.79 Å². The number of aromatic nitrogens is 6. The van der Waals surface area contributed by atoms with Crippen LogP contribution in [0.1, 0.15) is 32.2 Å². The van der Waals surface area contributed by atoms with Crippen LogP contribution in [0.25, 0.3) is 0 Å². The smallest absolute Gasteiger partial charge is 0.243 e. The molecule has 0 unspecified atom stereocenters. The van der Waals surface area contributed by atoms with E-state index in [0.29, 0.717) is 12.1 Å². The van der Waals surface area contributed by atoms with Gasteiger partial charge in [-0.25, -0.2) is 4.79 Å². The Balaban J connectivity index is 2.60. The highest BCUT2D eigenvalue weighted by atomic mass is 35.6. The predicted molar refractivity (Wildman–Crippen MR) is 93.1 cm³/mol. The Kier molecular flexibility index (Phi) is 5.43. The van der Waals surface area contributed by atoms with Crippen molar-refractivity contribution < 1.29 is 4.79 Å². The van der Waals surface area contributed by atoms with Crippen LogP contribution in [-0.4, -0.2) is 39.8 Å². The first-order valence-corrected chi connectivity index (χ1v) is 8.54. The summed E-state index contributed by atoms with van der Waals surface area (Å²) < 4.78 is -2.08. The topological polar surface area (TPSA) is 78.5 Å². The lowest BCUT2D eigenvalue weighted by Crippen LogP contribution is -2.32. The molecule has 0 bridgehead atoms. The van der Waals surface area contributed by atoms with Crippen molar-refractivity contribution in [2.75, 3.05) is 0 Å². The highest BCUT2D eigenvalue weighted by molar-refractivity contribution is 6.75. The van der Waals surface area contributed by atoms with Crippen molar-refractivity contribution in [3.8, 4) is 0 Å². The minimum absolute atomic E-state index is 0.00535. The molecule has 2 heterocycles. The molecule has 0 aromatic carbocycles. The van der Waals surface area contributed by atoms with E-state index >= 15 is 0 Å². The van der Waals surface area contributed by atoms with Gasteiger partial charge in [0.05, 0.1) is 18.1 Å².